The Balaban J connectivity index is 2.24. The molecule has 0 saturated carbocycles. The smallest absolute Gasteiger partial charge is 0.309 e. The topological polar surface area (TPSA) is 64.4 Å². The summed E-state index contributed by atoms with van der Waals surface area (Å²) in [5.41, 5.74) is 0.854. The minimum Gasteiger partial charge on any atom is -0.469 e. The summed E-state index contributed by atoms with van der Waals surface area (Å²) in [5.74, 6) is 0.403. The lowest BCUT2D eigenvalue weighted by Crippen LogP contribution is -2.26. The number of esters is 1. The van der Waals surface area contributed by atoms with Crippen molar-refractivity contribution in [3.8, 4) is 0 Å². The molecule has 0 fully saturated rings. The summed E-state index contributed by atoms with van der Waals surface area (Å²) in [4.78, 5) is 11.1. The number of aryl methyl sites for hydroxylation is 1. The third kappa shape index (κ3) is 3.71. The number of rotatable bonds is 5. The number of aromatic nitrogens is 1. The average molecular weight is 212 g/mol. The molecule has 84 valence electrons. The molecule has 1 aromatic rings. The van der Waals surface area contributed by atoms with Crippen LogP contribution in [0.5, 0.6) is 0 Å². The van der Waals surface area contributed by atoms with Crippen LogP contribution >= 0.6 is 0 Å². The predicted octanol–water partition coefficient (Wildman–Crippen LogP) is 0.882. The number of nitrogens with zero attached hydrogens (tertiary/aromatic N) is 1. The van der Waals surface area contributed by atoms with Crippen molar-refractivity contribution in [3.05, 3.63) is 17.5 Å². The Labute approximate surface area is 88.8 Å². The first kappa shape index (κ1) is 11.7. The van der Waals surface area contributed by atoms with Gasteiger partial charge in [-0.1, -0.05) is 12.1 Å². The summed E-state index contributed by atoms with van der Waals surface area (Å²) in [6, 6.07) is 1.86. The van der Waals surface area contributed by atoms with Crippen LogP contribution in [0.15, 0.2) is 10.6 Å². The maximum absolute atomic E-state index is 11.1. The SMILES string of the molecule is COC(=O)C(C)CNCc1cc(C)no1. The van der Waals surface area contributed by atoms with Gasteiger partial charge in [-0.3, -0.25) is 4.79 Å². The zero-order valence-electron chi connectivity index (χ0n) is 9.24. The van der Waals surface area contributed by atoms with Crippen LogP contribution in [0.25, 0.3) is 0 Å². The van der Waals surface area contributed by atoms with Crippen molar-refractivity contribution in [2.75, 3.05) is 13.7 Å². The fraction of sp³-hybridized carbons (Fsp3) is 0.600. The lowest BCUT2D eigenvalue weighted by Gasteiger charge is -2.08. The highest BCUT2D eigenvalue weighted by Gasteiger charge is 2.12. The van der Waals surface area contributed by atoms with E-state index >= 15 is 0 Å². The third-order valence-electron chi connectivity index (χ3n) is 2.03. The molecule has 5 nitrogen and oxygen atoms in total. The van der Waals surface area contributed by atoms with Gasteiger partial charge >= 0.3 is 5.97 Å². The van der Waals surface area contributed by atoms with Crippen LogP contribution in [0.1, 0.15) is 18.4 Å². The molecule has 5 heteroatoms. The lowest BCUT2D eigenvalue weighted by atomic mass is 10.2. The summed E-state index contributed by atoms with van der Waals surface area (Å²) in [6.45, 7) is 4.81. The molecular weight excluding hydrogens is 196 g/mol. The molecule has 15 heavy (non-hydrogen) atoms. The maximum Gasteiger partial charge on any atom is 0.309 e. The van der Waals surface area contributed by atoms with E-state index in [0.717, 1.165) is 11.5 Å². The number of carbonyl (C=O) groups is 1. The molecule has 0 bridgehead atoms. The van der Waals surface area contributed by atoms with Crippen LogP contribution in [-0.4, -0.2) is 24.8 Å². The first-order chi connectivity index (χ1) is 7.13. The Bertz CT molecular complexity index is 322. The fourth-order valence-electron chi connectivity index (χ4n) is 1.20. The first-order valence-corrected chi connectivity index (χ1v) is 4.84. The highest BCUT2D eigenvalue weighted by atomic mass is 16.5. The number of hydrogen-bond donors (Lipinski definition) is 1. The second-order valence-electron chi connectivity index (χ2n) is 3.49. The monoisotopic (exact) mass is 212 g/mol. The number of ether oxygens (including phenoxy) is 1. The van der Waals surface area contributed by atoms with Crippen molar-refractivity contribution in [2.24, 2.45) is 5.92 Å². The molecule has 0 saturated heterocycles. The van der Waals surface area contributed by atoms with Crippen molar-refractivity contribution in [2.45, 2.75) is 20.4 Å². The van der Waals surface area contributed by atoms with Gasteiger partial charge in [0.2, 0.25) is 0 Å². The summed E-state index contributed by atoms with van der Waals surface area (Å²) < 4.78 is 9.61. The van der Waals surface area contributed by atoms with E-state index in [-0.39, 0.29) is 11.9 Å². The van der Waals surface area contributed by atoms with Crippen LogP contribution in [0.3, 0.4) is 0 Å². The number of carbonyl (C=O) groups excluding carboxylic acids is 1. The molecule has 0 aliphatic rings. The van der Waals surface area contributed by atoms with Gasteiger partial charge in [0.05, 0.1) is 25.3 Å². The summed E-state index contributed by atoms with van der Waals surface area (Å²) in [5, 5.41) is 6.85. The zero-order chi connectivity index (χ0) is 11.3. The Morgan fingerprint density at radius 1 is 1.73 bits per heavy atom. The number of hydrogen-bond acceptors (Lipinski definition) is 5. The second-order valence-corrected chi connectivity index (χ2v) is 3.49. The van der Waals surface area contributed by atoms with E-state index in [1.165, 1.54) is 7.11 Å². The lowest BCUT2D eigenvalue weighted by molar-refractivity contribution is -0.144. The highest BCUT2D eigenvalue weighted by Crippen LogP contribution is 2.02. The number of nitrogens with one attached hydrogen (secondary N) is 1. The standard InChI is InChI=1S/C10H16N2O3/c1-7(10(13)14-3)5-11-6-9-4-8(2)12-15-9/h4,7,11H,5-6H2,1-3H3. The molecule has 1 rings (SSSR count). The Morgan fingerprint density at radius 3 is 3.00 bits per heavy atom. The molecule has 1 unspecified atom stereocenters. The molecule has 1 N–H and O–H groups in total. The minimum absolute atomic E-state index is 0.154. The van der Waals surface area contributed by atoms with Crippen LogP contribution in [-0.2, 0) is 16.1 Å². The highest BCUT2D eigenvalue weighted by molar-refractivity contribution is 5.71. The molecule has 1 heterocycles. The van der Waals surface area contributed by atoms with Crippen molar-refractivity contribution in [1.29, 1.82) is 0 Å². The largest absolute Gasteiger partial charge is 0.469 e. The van der Waals surface area contributed by atoms with E-state index in [1.807, 2.05) is 19.9 Å². The van der Waals surface area contributed by atoms with Gasteiger partial charge in [-0.25, -0.2) is 0 Å². The third-order valence-corrected chi connectivity index (χ3v) is 2.03. The molecule has 1 atom stereocenters. The van der Waals surface area contributed by atoms with Gasteiger partial charge < -0.3 is 14.6 Å². The molecule has 0 amide bonds. The minimum atomic E-state index is -0.212. The predicted molar refractivity (Wildman–Crippen MR) is 54.1 cm³/mol. The molecular formula is C10H16N2O3. The van der Waals surface area contributed by atoms with E-state index in [1.54, 1.807) is 0 Å². The first-order valence-electron chi connectivity index (χ1n) is 4.84. The quantitative estimate of drug-likeness (QED) is 0.734. The Hall–Kier alpha value is -1.36. The van der Waals surface area contributed by atoms with Crippen LogP contribution in [0, 0.1) is 12.8 Å². The van der Waals surface area contributed by atoms with Crippen LogP contribution in [0.2, 0.25) is 0 Å². The van der Waals surface area contributed by atoms with E-state index in [2.05, 4.69) is 15.2 Å². The van der Waals surface area contributed by atoms with E-state index in [4.69, 9.17) is 4.52 Å². The van der Waals surface area contributed by atoms with Gasteiger partial charge in [-0.15, -0.1) is 0 Å². The van der Waals surface area contributed by atoms with Crippen LogP contribution < -0.4 is 5.32 Å². The van der Waals surface area contributed by atoms with Crippen LogP contribution in [0.4, 0.5) is 0 Å². The second kappa shape index (κ2) is 5.50. The van der Waals surface area contributed by atoms with Gasteiger partial charge in [0.15, 0.2) is 5.76 Å². The van der Waals surface area contributed by atoms with E-state index < -0.39 is 0 Å². The van der Waals surface area contributed by atoms with Gasteiger partial charge in [0.25, 0.3) is 0 Å². The van der Waals surface area contributed by atoms with Crippen molar-refractivity contribution in [3.63, 3.8) is 0 Å². The van der Waals surface area contributed by atoms with E-state index in [0.29, 0.717) is 13.1 Å². The molecule has 0 aromatic carbocycles. The summed E-state index contributed by atoms with van der Waals surface area (Å²) in [6.07, 6.45) is 0. The molecule has 0 radical (unpaired) electrons. The Morgan fingerprint density at radius 2 is 2.47 bits per heavy atom. The van der Waals surface area contributed by atoms with E-state index in [9.17, 15) is 4.79 Å². The molecule has 1 aromatic heterocycles. The normalized spacial score (nSPS) is 12.5. The molecule has 0 aliphatic carbocycles. The van der Waals surface area contributed by atoms with Gasteiger partial charge in [-0.2, -0.15) is 0 Å². The van der Waals surface area contributed by atoms with Gasteiger partial charge in [-0.05, 0) is 6.92 Å². The average Bonchev–Trinajstić information content (AvgIpc) is 2.63. The fourth-order valence-corrected chi connectivity index (χ4v) is 1.20. The van der Waals surface area contributed by atoms with Gasteiger partial charge in [0, 0.05) is 12.6 Å². The maximum atomic E-state index is 11.1. The summed E-state index contributed by atoms with van der Waals surface area (Å²) >= 11 is 0. The van der Waals surface area contributed by atoms with Gasteiger partial charge in [0.1, 0.15) is 0 Å². The Kier molecular flexibility index (Phi) is 4.30. The zero-order valence-corrected chi connectivity index (χ0v) is 9.24. The summed E-state index contributed by atoms with van der Waals surface area (Å²) in [7, 11) is 1.39. The molecule has 0 aliphatic heterocycles. The van der Waals surface area contributed by atoms with Crippen molar-refractivity contribution < 1.29 is 14.1 Å². The molecule has 0 spiro atoms. The van der Waals surface area contributed by atoms with Crippen molar-refractivity contribution >= 4 is 5.97 Å². The number of methoxy groups -OCH3 is 1. The van der Waals surface area contributed by atoms with Crippen molar-refractivity contribution in [1.82, 2.24) is 10.5 Å².